The zero-order valence-corrected chi connectivity index (χ0v) is 14.2. The van der Waals surface area contributed by atoms with Gasteiger partial charge in [0.05, 0.1) is 6.61 Å². The van der Waals surface area contributed by atoms with E-state index in [4.69, 9.17) is 4.74 Å². The lowest BCUT2D eigenvalue weighted by Gasteiger charge is -2.09. The minimum atomic E-state index is 0.157. The Bertz CT molecular complexity index is 596. The van der Waals surface area contributed by atoms with Crippen LogP contribution in [0.3, 0.4) is 0 Å². The summed E-state index contributed by atoms with van der Waals surface area (Å²) < 4.78 is 6.74. The fourth-order valence-electron chi connectivity index (χ4n) is 1.93. The Morgan fingerprint density at radius 2 is 1.86 bits per heavy atom. The Morgan fingerprint density at radius 3 is 2.57 bits per heavy atom. The molecule has 0 aliphatic carbocycles. The van der Waals surface area contributed by atoms with Gasteiger partial charge in [-0.05, 0) is 36.9 Å². The predicted molar refractivity (Wildman–Crippen MR) is 91.4 cm³/mol. The average Bonchev–Trinajstić information content (AvgIpc) is 2.52. The Kier molecular flexibility index (Phi) is 6.33. The van der Waals surface area contributed by atoms with E-state index in [1.54, 1.807) is 11.8 Å². The molecule has 0 aliphatic heterocycles. The van der Waals surface area contributed by atoms with Crippen LogP contribution in [-0.4, -0.2) is 18.6 Å². The highest BCUT2D eigenvalue weighted by Gasteiger charge is 2.06. The van der Waals surface area contributed by atoms with E-state index < -0.39 is 0 Å². The Hall–Kier alpha value is -1.26. The first-order valence-corrected chi connectivity index (χ1v) is 8.77. The van der Waals surface area contributed by atoms with Crippen LogP contribution in [-0.2, 0) is 0 Å². The molecule has 2 nitrogen and oxygen atoms in total. The number of para-hydroxylation sites is 1. The van der Waals surface area contributed by atoms with E-state index in [0.717, 1.165) is 27.1 Å². The Labute approximate surface area is 138 Å². The number of Topliss-reactive ketones (excluding diaryl/α,β-unsaturated/α-hetero) is 1. The summed E-state index contributed by atoms with van der Waals surface area (Å²) in [4.78, 5) is 13.1. The van der Waals surface area contributed by atoms with Crippen molar-refractivity contribution in [3.63, 3.8) is 0 Å². The summed E-state index contributed by atoms with van der Waals surface area (Å²) >= 11 is 5.03. The third-order valence-corrected chi connectivity index (χ3v) is 4.35. The molecular weight excluding hydrogens is 348 g/mol. The second-order valence-corrected chi connectivity index (χ2v) is 6.30. The summed E-state index contributed by atoms with van der Waals surface area (Å²) in [5, 5.41) is 0. The average molecular weight is 365 g/mol. The number of benzene rings is 2. The number of carbonyl (C=O) groups excluding carboxylic acids is 1. The number of hydrogen-bond donors (Lipinski definition) is 0. The van der Waals surface area contributed by atoms with E-state index in [0.29, 0.717) is 13.0 Å². The van der Waals surface area contributed by atoms with Crippen LogP contribution in [0.1, 0.15) is 23.2 Å². The second-order valence-electron chi connectivity index (χ2n) is 4.53. The molecule has 0 aromatic heterocycles. The number of ketones is 1. The number of halogens is 1. The number of carbonyl (C=O) groups is 1. The van der Waals surface area contributed by atoms with Gasteiger partial charge in [-0.25, -0.2) is 0 Å². The second kappa shape index (κ2) is 8.25. The van der Waals surface area contributed by atoms with Crippen LogP contribution in [0.5, 0.6) is 5.75 Å². The van der Waals surface area contributed by atoms with Crippen LogP contribution in [0.15, 0.2) is 57.9 Å². The van der Waals surface area contributed by atoms with Crippen molar-refractivity contribution >= 4 is 33.5 Å². The molecule has 0 unspecified atom stereocenters. The third-order valence-electron chi connectivity index (χ3n) is 3.04. The number of rotatable bonds is 7. The van der Waals surface area contributed by atoms with Gasteiger partial charge in [-0.15, -0.1) is 11.8 Å². The predicted octanol–water partition coefficient (Wildman–Crippen LogP) is 5.21. The van der Waals surface area contributed by atoms with Gasteiger partial charge < -0.3 is 4.74 Å². The Balaban J connectivity index is 1.79. The van der Waals surface area contributed by atoms with Gasteiger partial charge in [0.15, 0.2) is 5.78 Å². The van der Waals surface area contributed by atoms with Crippen molar-refractivity contribution in [3.8, 4) is 5.75 Å². The highest BCUT2D eigenvalue weighted by molar-refractivity contribution is 9.10. The standard InChI is InChI=1S/C17H17BrO2S/c1-21-17-7-3-2-6-16(17)20-12-4-5-15(19)13-8-10-14(18)11-9-13/h2-3,6-11H,4-5,12H2,1H3. The molecule has 0 heterocycles. The maximum atomic E-state index is 12.0. The first-order chi connectivity index (χ1) is 10.2. The van der Waals surface area contributed by atoms with Crippen molar-refractivity contribution in [1.82, 2.24) is 0 Å². The van der Waals surface area contributed by atoms with Crippen LogP contribution in [0.25, 0.3) is 0 Å². The van der Waals surface area contributed by atoms with E-state index in [9.17, 15) is 4.79 Å². The van der Waals surface area contributed by atoms with Gasteiger partial charge in [0.1, 0.15) is 5.75 Å². The lowest BCUT2D eigenvalue weighted by Crippen LogP contribution is -2.04. The van der Waals surface area contributed by atoms with Gasteiger partial charge in [0.2, 0.25) is 0 Å². The van der Waals surface area contributed by atoms with Crippen LogP contribution in [0, 0.1) is 0 Å². The minimum absolute atomic E-state index is 0.157. The SMILES string of the molecule is CSc1ccccc1OCCCC(=O)c1ccc(Br)cc1. The number of thioether (sulfide) groups is 1. The van der Waals surface area contributed by atoms with Crippen LogP contribution in [0.4, 0.5) is 0 Å². The third kappa shape index (κ3) is 4.90. The van der Waals surface area contributed by atoms with Crippen molar-refractivity contribution in [1.29, 1.82) is 0 Å². The molecule has 110 valence electrons. The maximum Gasteiger partial charge on any atom is 0.163 e. The first-order valence-electron chi connectivity index (χ1n) is 6.75. The molecule has 0 radical (unpaired) electrons. The minimum Gasteiger partial charge on any atom is -0.492 e. The van der Waals surface area contributed by atoms with Crippen LogP contribution in [0.2, 0.25) is 0 Å². The van der Waals surface area contributed by atoms with E-state index in [1.807, 2.05) is 54.8 Å². The molecule has 21 heavy (non-hydrogen) atoms. The van der Waals surface area contributed by atoms with E-state index >= 15 is 0 Å². The molecule has 2 aromatic carbocycles. The molecule has 0 N–H and O–H groups in total. The lowest BCUT2D eigenvalue weighted by molar-refractivity contribution is 0.0973. The van der Waals surface area contributed by atoms with Gasteiger partial charge in [0, 0.05) is 21.4 Å². The smallest absolute Gasteiger partial charge is 0.163 e. The number of hydrogen-bond acceptors (Lipinski definition) is 3. The molecule has 0 saturated carbocycles. The zero-order chi connectivity index (χ0) is 15.1. The summed E-state index contributed by atoms with van der Waals surface area (Å²) in [5.74, 6) is 1.05. The fourth-order valence-corrected chi connectivity index (χ4v) is 2.74. The van der Waals surface area contributed by atoms with Crippen molar-refractivity contribution < 1.29 is 9.53 Å². The summed E-state index contributed by atoms with van der Waals surface area (Å²) in [6.07, 6.45) is 3.25. The molecule has 0 saturated heterocycles. The van der Waals surface area contributed by atoms with E-state index in [-0.39, 0.29) is 5.78 Å². The highest BCUT2D eigenvalue weighted by Crippen LogP contribution is 2.27. The molecule has 0 atom stereocenters. The van der Waals surface area contributed by atoms with Gasteiger partial charge in [-0.1, -0.05) is 40.2 Å². The molecule has 2 aromatic rings. The number of ether oxygens (including phenoxy) is 1. The van der Waals surface area contributed by atoms with Crippen LogP contribution < -0.4 is 4.74 Å². The largest absolute Gasteiger partial charge is 0.492 e. The first kappa shape index (κ1) is 16.1. The van der Waals surface area contributed by atoms with Crippen molar-refractivity contribution in [2.75, 3.05) is 12.9 Å². The summed E-state index contributed by atoms with van der Waals surface area (Å²) in [6.45, 7) is 0.555. The molecule has 0 aliphatic rings. The fraction of sp³-hybridized carbons (Fsp3) is 0.235. The topological polar surface area (TPSA) is 26.3 Å². The van der Waals surface area contributed by atoms with Gasteiger partial charge >= 0.3 is 0 Å². The van der Waals surface area contributed by atoms with Crippen molar-refractivity contribution in [3.05, 3.63) is 58.6 Å². The molecule has 0 amide bonds. The normalized spacial score (nSPS) is 10.4. The van der Waals surface area contributed by atoms with Crippen molar-refractivity contribution in [2.45, 2.75) is 17.7 Å². The maximum absolute atomic E-state index is 12.0. The summed E-state index contributed by atoms with van der Waals surface area (Å²) in [7, 11) is 0. The summed E-state index contributed by atoms with van der Waals surface area (Å²) in [6, 6.07) is 15.4. The molecular formula is C17H17BrO2S. The molecule has 0 bridgehead atoms. The summed E-state index contributed by atoms with van der Waals surface area (Å²) in [5.41, 5.74) is 0.753. The van der Waals surface area contributed by atoms with E-state index in [1.165, 1.54) is 0 Å². The zero-order valence-electron chi connectivity index (χ0n) is 11.8. The van der Waals surface area contributed by atoms with Gasteiger partial charge in [-0.2, -0.15) is 0 Å². The van der Waals surface area contributed by atoms with Gasteiger partial charge in [-0.3, -0.25) is 4.79 Å². The molecule has 4 heteroatoms. The molecule has 0 spiro atoms. The van der Waals surface area contributed by atoms with Crippen molar-refractivity contribution in [2.24, 2.45) is 0 Å². The van der Waals surface area contributed by atoms with Gasteiger partial charge in [0.25, 0.3) is 0 Å². The Morgan fingerprint density at radius 1 is 1.14 bits per heavy atom. The monoisotopic (exact) mass is 364 g/mol. The van der Waals surface area contributed by atoms with E-state index in [2.05, 4.69) is 15.9 Å². The molecule has 2 rings (SSSR count). The van der Waals surface area contributed by atoms with Crippen LogP contribution >= 0.6 is 27.7 Å². The lowest BCUT2D eigenvalue weighted by atomic mass is 10.1. The molecule has 0 fully saturated rings. The highest BCUT2D eigenvalue weighted by atomic mass is 79.9. The quantitative estimate of drug-likeness (QED) is 0.383.